The number of amides is 4. The first-order valence-electron chi connectivity index (χ1n) is 19.1. The zero-order chi connectivity index (χ0) is 37.1. The van der Waals surface area contributed by atoms with Crippen molar-refractivity contribution in [3.05, 3.63) is 41.8 Å². The number of ketones is 1. The van der Waals surface area contributed by atoms with Crippen molar-refractivity contribution >= 4 is 51.1 Å². The van der Waals surface area contributed by atoms with Crippen molar-refractivity contribution in [2.45, 2.75) is 127 Å². The maximum absolute atomic E-state index is 14.6. The van der Waals surface area contributed by atoms with Crippen molar-refractivity contribution in [3.63, 3.8) is 0 Å². The molecule has 4 heterocycles. The van der Waals surface area contributed by atoms with Crippen molar-refractivity contribution in [1.29, 1.82) is 0 Å². The van der Waals surface area contributed by atoms with Gasteiger partial charge in [0.05, 0.1) is 17.6 Å². The topological polar surface area (TPSA) is 168 Å². The average molecular weight is 743 g/mol. The number of nitrogens with one attached hydrogen (secondary N) is 4. The van der Waals surface area contributed by atoms with Crippen LogP contribution in [0.15, 0.2) is 41.8 Å². The lowest BCUT2D eigenvalue weighted by atomic mass is 10.0. The molecule has 4 aliphatic rings. The van der Waals surface area contributed by atoms with E-state index in [0.717, 1.165) is 56.5 Å². The molecule has 2 aliphatic carbocycles. The van der Waals surface area contributed by atoms with Crippen molar-refractivity contribution in [2.24, 2.45) is 5.92 Å². The number of benzene rings is 1. The fraction of sp³-hybridized carbons (Fsp3) is 0.564. The Balaban J connectivity index is 1.19. The van der Waals surface area contributed by atoms with Gasteiger partial charge >= 0.3 is 6.03 Å². The number of carbonyl (C=O) groups is 4. The number of anilines is 1. The van der Waals surface area contributed by atoms with Gasteiger partial charge in [-0.15, -0.1) is 11.3 Å². The van der Waals surface area contributed by atoms with Crippen LogP contribution < -0.4 is 26.0 Å². The summed E-state index contributed by atoms with van der Waals surface area (Å²) >= 11 is 1.46. The molecule has 2 aromatic heterocycles. The van der Waals surface area contributed by atoms with Gasteiger partial charge in [-0.1, -0.05) is 50.0 Å². The molecule has 5 atom stereocenters. The maximum atomic E-state index is 14.6. The summed E-state index contributed by atoms with van der Waals surface area (Å²) in [6, 6.07) is 5.66. The SMILES string of the molecule is CC(=O)[C@@]12C[C@@H]1/C=C\CCCCC[C@H](NC(=O)NC1CCCC1)C(=O)N1CC(Oc3nc4ccccc4nc3-c3csc(NC(C)C)n3)C[C@H]1C(=O)N2. The van der Waals surface area contributed by atoms with Gasteiger partial charge in [0.1, 0.15) is 29.4 Å². The minimum absolute atomic E-state index is 0.0842. The Bertz CT molecular complexity index is 1870. The van der Waals surface area contributed by atoms with Crippen LogP contribution >= 0.6 is 11.3 Å². The van der Waals surface area contributed by atoms with Crippen molar-refractivity contribution in [2.75, 3.05) is 11.9 Å². The number of fused-ring (bicyclic) bond motifs is 3. The van der Waals surface area contributed by atoms with Crippen molar-refractivity contribution in [3.8, 4) is 17.3 Å². The van der Waals surface area contributed by atoms with Crippen LogP contribution in [0, 0.1) is 5.92 Å². The molecular weight excluding hydrogens is 693 g/mol. The molecule has 0 bridgehead atoms. The van der Waals surface area contributed by atoms with E-state index in [1.54, 1.807) is 0 Å². The monoisotopic (exact) mass is 742 g/mol. The quantitative estimate of drug-likeness (QED) is 0.218. The number of aromatic nitrogens is 3. The third-order valence-corrected chi connectivity index (χ3v) is 11.6. The van der Waals surface area contributed by atoms with Crippen LogP contribution in [0.4, 0.5) is 9.93 Å². The minimum Gasteiger partial charge on any atom is -0.471 e. The Morgan fingerprint density at radius 1 is 1.00 bits per heavy atom. The number of nitrogens with zero attached hydrogens (tertiary/aromatic N) is 4. The van der Waals surface area contributed by atoms with Crippen molar-refractivity contribution in [1.82, 2.24) is 35.8 Å². The molecule has 14 heteroatoms. The molecular formula is C39H50N8O5S. The average Bonchev–Trinajstić information content (AvgIpc) is 3.55. The minimum atomic E-state index is -0.996. The van der Waals surface area contributed by atoms with Gasteiger partial charge in [0.2, 0.25) is 17.7 Å². The summed E-state index contributed by atoms with van der Waals surface area (Å²) in [5.41, 5.74) is 1.38. The number of thiazole rings is 1. The molecule has 2 saturated carbocycles. The molecule has 1 saturated heterocycles. The number of ether oxygens (including phenoxy) is 1. The molecule has 3 fully saturated rings. The second kappa shape index (κ2) is 15.8. The van der Waals surface area contributed by atoms with Crippen LogP contribution in [0.5, 0.6) is 5.88 Å². The summed E-state index contributed by atoms with van der Waals surface area (Å²) in [5, 5.41) is 15.1. The zero-order valence-corrected chi connectivity index (χ0v) is 31.5. The summed E-state index contributed by atoms with van der Waals surface area (Å²) in [4.78, 5) is 71.1. The molecule has 53 heavy (non-hydrogen) atoms. The van der Waals surface area contributed by atoms with E-state index in [1.807, 2.05) is 49.6 Å². The first kappa shape index (κ1) is 36.8. The van der Waals surface area contributed by atoms with E-state index in [1.165, 1.54) is 23.2 Å². The molecule has 1 aromatic carbocycles. The van der Waals surface area contributed by atoms with Gasteiger partial charge in [0, 0.05) is 29.8 Å². The molecule has 4 N–H and O–H groups in total. The van der Waals surface area contributed by atoms with Crippen LogP contribution in [0.1, 0.15) is 91.4 Å². The molecule has 282 valence electrons. The fourth-order valence-electron chi connectivity index (χ4n) is 7.88. The standard InChI is InChI=1S/C39H50N8O5S/c1-23(2)40-38-45-31(22-53-38)33-35(43-29-17-12-11-16-28(29)42-33)52-27-19-32-34(49)46-39(24(3)48)20-25(39)13-7-5-4-6-8-18-30(36(50)47(32)21-27)44-37(51)41-26-14-9-10-15-26/h7,11-13,16-17,22-23,25-27,30,32H,4-6,8-10,14-15,18-21H2,1-3H3,(H,40,45)(H,46,49)(H2,41,44,51)/b13-7-/t25-,27?,30-,32-,39-/m0/s1. The third kappa shape index (κ3) is 8.32. The van der Waals surface area contributed by atoms with E-state index in [4.69, 9.17) is 19.7 Å². The van der Waals surface area contributed by atoms with E-state index in [0.29, 0.717) is 35.3 Å². The van der Waals surface area contributed by atoms with E-state index >= 15 is 0 Å². The highest BCUT2D eigenvalue weighted by Crippen LogP contribution is 2.46. The van der Waals surface area contributed by atoms with E-state index in [-0.39, 0.29) is 54.6 Å². The van der Waals surface area contributed by atoms with Crippen LogP contribution in [-0.2, 0) is 14.4 Å². The number of para-hydroxylation sites is 2. The number of Topliss-reactive ketones (excluding diaryl/α,β-unsaturated/α-hetero) is 1. The fourth-order valence-corrected chi connectivity index (χ4v) is 8.72. The summed E-state index contributed by atoms with van der Waals surface area (Å²) in [6.45, 7) is 5.68. The molecule has 1 unspecified atom stereocenters. The Kier molecular flexibility index (Phi) is 11.0. The van der Waals surface area contributed by atoms with E-state index in [2.05, 4.69) is 27.3 Å². The zero-order valence-electron chi connectivity index (χ0n) is 30.7. The number of hydrogen-bond acceptors (Lipinski definition) is 10. The van der Waals surface area contributed by atoms with Gasteiger partial charge in [-0.3, -0.25) is 14.4 Å². The van der Waals surface area contributed by atoms with Gasteiger partial charge < -0.3 is 30.9 Å². The number of hydrogen-bond donors (Lipinski definition) is 4. The molecule has 7 rings (SSSR count). The molecule has 0 spiro atoms. The summed E-state index contributed by atoms with van der Waals surface area (Å²) in [7, 11) is 0. The number of carbonyl (C=O) groups excluding carboxylic acids is 4. The van der Waals surface area contributed by atoms with Gasteiger partial charge in [-0.2, -0.15) is 0 Å². The predicted octanol–water partition coefficient (Wildman–Crippen LogP) is 5.52. The van der Waals surface area contributed by atoms with Crippen molar-refractivity contribution < 1.29 is 23.9 Å². The molecule has 4 amide bonds. The summed E-state index contributed by atoms with van der Waals surface area (Å²) < 4.78 is 6.63. The molecule has 0 radical (unpaired) electrons. The number of allylic oxidation sites excluding steroid dienone is 1. The lowest BCUT2D eigenvalue weighted by Gasteiger charge is -2.30. The Morgan fingerprint density at radius 3 is 2.51 bits per heavy atom. The second-order valence-corrected chi connectivity index (χ2v) is 16.1. The number of rotatable bonds is 8. The van der Waals surface area contributed by atoms with Gasteiger partial charge in [0.25, 0.3) is 0 Å². The highest BCUT2D eigenvalue weighted by atomic mass is 32.1. The first-order chi connectivity index (χ1) is 25.6. The lowest BCUT2D eigenvalue weighted by molar-refractivity contribution is -0.141. The van der Waals surface area contributed by atoms with Crippen LogP contribution in [-0.4, -0.2) is 85.8 Å². The Hall–Kier alpha value is -4.59. The smallest absolute Gasteiger partial charge is 0.315 e. The van der Waals surface area contributed by atoms with Crippen LogP contribution in [0.2, 0.25) is 0 Å². The number of urea groups is 1. The maximum Gasteiger partial charge on any atom is 0.315 e. The first-order valence-corrected chi connectivity index (χ1v) is 20.0. The van der Waals surface area contributed by atoms with Gasteiger partial charge in [-0.25, -0.2) is 19.7 Å². The highest BCUT2D eigenvalue weighted by Gasteiger charge is 2.59. The van der Waals surface area contributed by atoms with Gasteiger partial charge in [0.15, 0.2) is 16.6 Å². The molecule has 13 nitrogen and oxygen atoms in total. The predicted molar refractivity (Wildman–Crippen MR) is 204 cm³/mol. The van der Waals surface area contributed by atoms with Crippen LogP contribution in [0.25, 0.3) is 22.4 Å². The molecule has 2 aliphatic heterocycles. The Labute approximate surface area is 314 Å². The van der Waals surface area contributed by atoms with E-state index in [9.17, 15) is 19.2 Å². The largest absolute Gasteiger partial charge is 0.471 e. The van der Waals surface area contributed by atoms with Crippen LogP contribution in [0.3, 0.4) is 0 Å². The highest BCUT2D eigenvalue weighted by molar-refractivity contribution is 7.14. The molecule has 3 aromatic rings. The summed E-state index contributed by atoms with van der Waals surface area (Å²) in [6.07, 6.45) is 12.0. The van der Waals surface area contributed by atoms with Gasteiger partial charge in [-0.05, 0) is 71.4 Å². The lowest BCUT2D eigenvalue weighted by Crippen LogP contribution is -2.57. The third-order valence-electron chi connectivity index (χ3n) is 10.8. The normalized spacial score (nSPS) is 27.3. The second-order valence-electron chi connectivity index (χ2n) is 15.2. The van der Waals surface area contributed by atoms with E-state index < -0.39 is 29.6 Å². The Morgan fingerprint density at radius 2 is 1.75 bits per heavy atom. The summed E-state index contributed by atoms with van der Waals surface area (Å²) in [5.74, 6) is -0.702.